The topological polar surface area (TPSA) is 81.4 Å². The zero-order valence-corrected chi connectivity index (χ0v) is 12.5. The van der Waals surface area contributed by atoms with E-state index in [2.05, 4.69) is 11.6 Å². The summed E-state index contributed by atoms with van der Waals surface area (Å²) < 4.78 is 32.0. The molecule has 19 heavy (non-hydrogen) atoms. The smallest absolute Gasteiger partial charge is 0.240 e. The Bertz CT molecular complexity index is 515. The Kier molecular flexibility index (Phi) is 5.62. The van der Waals surface area contributed by atoms with E-state index in [0.717, 1.165) is 19.3 Å². The first-order valence-corrected chi connectivity index (χ1v) is 7.85. The Morgan fingerprint density at radius 1 is 1.42 bits per heavy atom. The van der Waals surface area contributed by atoms with Gasteiger partial charge in [-0.1, -0.05) is 19.8 Å². The first-order chi connectivity index (χ1) is 8.90. The van der Waals surface area contributed by atoms with Crippen LogP contribution in [0.25, 0.3) is 0 Å². The van der Waals surface area contributed by atoms with Crippen molar-refractivity contribution in [2.75, 3.05) is 12.8 Å². The van der Waals surface area contributed by atoms with Gasteiger partial charge in [0.15, 0.2) is 0 Å². The highest BCUT2D eigenvalue weighted by atomic mass is 32.2. The molecular weight excluding hydrogens is 264 g/mol. The van der Waals surface area contributed by atoms with E-state index in [1.807, 2.05) is 6.92 Å². The van der Waals surface area contributed by atoms with Crippen LogP contribution in [0.3, 0.4) is 0 Å². The third-order valence-corrected chi connectivity index (χ3v) is 4.45. The van der Waals surface area contributed by atoms with E-state index in [4.69, 9.17) is 10.5 Å². The maximum atomic E-state index is 12.2. The van der Waals surface area contributed by atoms with Gasteiger partial charge in [-0.2, -0.15) is 0 Å². The lowest BCUT2D eigenvalue weighted by atomic mass is 10.2. The molecule has 108 valence electrons. The summed E-state index contributed by atoms with van der Waals surface area (Å²) in [5.41, 5.74) is 6.09. The molecule has 1 aromatic rings. The van der Waals surface area contributed by atoms with Gasteiger partial charge in [-0.25, -0.2) is 13.1 Å². The molecule has 0 spiro atoms. The van der Waals surface area contributed by atoms with Crippen LogP contribution in [0.5, 0.6) is 5.75 Å². The zero-order chi connectivity index (χ0) is 14.5. The molecule has 0 radical (unpaired) electrons. The van der Waals surface area contributed by atoms with Gasteiger partial charge in [0.2, 0.25) is 10.0 Å². The highest BCUT2D eigenvalue weighted by Gasteiger charge is 2.18. The quantitative estimate of drug-likeness (QED) is 0.752. The minimum absolute atomic E-state index is 0.0894. The molecule has 1 rings (SSSR count). The van der Waals surface area contributed by atoms with Gasteiger partial charge in [-0.05, 0) is 25.5 Å². The fourth-order valence-corrected chi connectivity index (χ4v) is 3.05. The van der Waals surface area contributed by atoms with Gasteiger partial charge in [-0.15, -0.1) is 0 Å². The summed E-state index contributed by atoms with van der Waals surface area (Å²) in [6.45, 7) is 3.94. The average molecular weight is 286 g/mol. The Balaban J connectivity index is 2.88. The van der Waals surface area contributed by atoms with E-state index in [-0.39, 0.29) is 10.9 Å². The van der Waals surface area contributed by atoms with Crippen molar-refractivity contribution in [3.8, 4) is 5.75 Å². The lowest BCUT2D eigenvalue weighted by Crippen LogP contribution is -2.32. The first-order valence-electron chi connectivity index (χ1n) is 6.36. The van der Waals surface area contributed by atoms with Crippen LogP contribution in [-0.2, 0) is 10.0 Å². The molecule has 1 atom stereocenters. The van der Waals surface area contributed by atoms with Crippen molar-refractivity contribution in [2.45, 2.75) is 44.0 Å². The zero-order valence-electron chi connectivity index (χ0n) is 11.6. The van der Waals surface area contributed by atoms with Crippen molar-refractivity contribution < 1.29 is 13.2 Å². The number of anilines is 1. The molecule has 6 heteroatoms. The van der Waals surface area contributed by atoms with Crippen molar-refractivity contribution in [1.82, 2.24) is 4.72 Å². The summed E-state index contributed by atoms with van der Waals surface area (Å²) in [6, 6.07) is 4.36. The van der Waals surface area contributed by atoms with Crippen molar-refractivity contribution in [1.29, 1.82) is 0 Å². The second-order valence-electron chi connectivity index (χ2n) is 4.57. The molecule has 0 saturated carbocycles. The highest BCUT2D eigenvalue weighted by molar-refractivity contribution is 7.89. The molecule has 0 saturated heterocycles. The van der Waals surface area contributed by atoms with E-state index in [1.54, 1.807) is 0 Å². The molecule has 0 aliphatic rings. The fraction of sp³-hybridized carbons (Fsp3) is 0.538. The third kappa shape index (κ3) is 4.40. The number of ether oxygens (including phenoxy) is 1. The summed E-state index contributed by atoms with van der Waals surface area (Å²) in [4.78, 5) is 0.168. The monoisotopic (exact) mass is 286 g/mol. The minimum atomic E-state index is -3.52. The summed E-state index contributed by atoms with van der Waals surface area (Å²) in [5, 5.41) is 0. The van der Waals surface area contributed by atoms with Crippen LogP contribution >= 0.6 is 0 Å². The molecule has 0 amide bonds. The lowest BCUT2D eigenvalue weighted by molar-refractivity contribution is 0.415. The second-order valence-corrected chi connectivity index (χ2v) is 6.28. The van der Waals surface area contributed by atoms with Gasteiger partial charge in [-0.3, -0.25) is 0 Å². The number of hydrogen-bond acceptors (Lipinski definition) is 4. The molecule has 0 bridgehead atoms. The summed E-state index contributed by atoms with van der Waals surface area (Å²) in [5.74, 6) is 0.365. The van der Waals surface area contributed by atoms with Gasteiger partial charge in [0, 0.05) is 12.1 Å². The van der Waals surface area contributed by atoms with Gasteiger partial charge in [0.05, 0.1) is 17.7 Å². The predicted molar refractivity (Wildman–Crippen MR) is 76.7 cm³/mol. The van der Waals surface area contributed by atoms with Gasteiger partial charge in [0.25, 0.3) is 0 Å². The Morgan fingerprint density at radius 3 is 2.68 bits per heavy atom. The molecule has 1 aromatic carbocycles. The highest BCUT2D eigenvalue weighted by Crippen LogP contribution is 2.24. The van der Waals surface area contributed by atoms with E-state index >= 15 is 0 Å². The largest absolute Gasteiger partial charge is 0.495 e. The summed E-state index contributed by atoms with van der Waals surface area (Å²) >= 11 is 0. The minimum Gasteiger partial charge on any atom is -0.495 e. The maximum absolute atomic E-state index is 12.2. The first kappa shape index (κ1) is 15.8. The Labute approximate surface area is 115 Å². The Morgan fingerprint density at radius 2 is 2.11 bits per heavy atom. The Hall–Kier alpha value is -1.27. The fourth-order valence-electron chi connectivity index (χ4n) is 1.76. The second kappa shape index (κ2) is 6.77. The van der Waals surface area contributed by atoms with Crippen molar-refractivity contribution >= 4 is 15.7 Å². The van der Waals surface area contributed by atoms with Crippen LogP contribution in [-0.4, -0.2) is 21.6 Å². The van der Waals surface area contributed by atoms with Crippen LogP contribution in [0.4, 0.5) is 5.69 Å². The summed E-state index contributed by atoms with van der Waals surface area (Å²) in [6.07, 6.45) is 2.86. The number of unbranched alkanes of at least 4 members (excludes halogenated alkanes) is 1. The van der Waals surface area contributed by atoms with Crippen LogP contribution in [0.2, 0.25) is 0 Å². The molecule has 3 N–H and O–H groups in total. The molecule has 0 aliphatic carbocycles. The number of hydrogen-bond donors (Lipinski definition) is 2. The molecular formula is C13H22N2O3S. The van der Waals surface area contributed by atoms with E-state index in [1.165, 1.54) is 25.3 Å². The third-order valence-electron chi connectivity index (χ3n) is 2.86. The molecule has 0 heterocycles. The van der Waals surface area contributed by atoms with Crippen LogP contribution in [0.1, 0.15) is 33.1 Å². The molecule has 1 unspecified atom stereocenters. The van der Waals surface area contributed by atoms with Crippen molar-refractivity contribution in [3.63, 3.8) is 0 Å². The van der Waals surface area contributed by atoms with E-state index in [0.29, 0.717) is 11.4 Å². The van der Waals surface area contributed by atoms with E-state index < -0.39 is 10.0 Å². The maximum Gasteiger partial charge on any atom is 0.240 e. The van der Waals surface area contributed by atoms with Gasteiger partial charge < -0.3 is 10.5 Å². The molecule has 5 nitrogen and oxygen atoms in total. The molecule has 0 aromatic heterocycles. The van der Waals surface area contributed by atoms with Crippen LogP contribution < -0.4 is 15.2 Å². The predicted octanol–water partition coefficient (Wildman–Crippen LogP) is 2.13. The molecule has 0 fully saturated rings. The number of benzene rings is 1. The normalized spacial score (nSPS) is 13.2. The van der Waals surface area contributed by atoms with Gasteiger partial charge >= 0.3 is 0 Å². The van der Waals surface area contributed by atoms with Gasteiger partial charge in [0.1, 0.15) is 5.75 Å². The number of nitrogen functional groups attached to an aromatic ring is 1. The summed E-state index contributed by atoms with van der Waals surface area (Å²) in [7, 11) is -2.07. The average Bonchev–Trinajstić information content (AvgIpc) is 2.36. The number of methoxy groups -OCH3 is 1. The number of sulfonamides is 1. The van der Waals surface area contributed by atoms with Crippen molar-refractivity contribution in [2.24, 2.45) is 0 Å². The lowest BCUT2D eigenvalue weighted by Gasteiger charge is -2.14. The SMILES string of the molecule is CCCCC(C)NS(=O)(=O)c1ccc(N)c(OC)c1. The number of nitrogens with one attached hydrogen (secondary N) is 1. The van der Waals surface area contributed by atoms with Crippen molar-refractivity contribution in [3.05, 3.63) is 18.2 Å². The molecule has 0 aliphatic heterocycles. The number of nitrogens with two attached hydrogens (primary N) is 1. The number of rotatable bonds is 7. The van der Waals surface area contributed by atoms with E-state index in [9.17, 15) is 8.42 Å². The standard InChI is InChI=1S/C13H22N2O3S/c1-4-5-6-10(2)15-19(16,17)11-7-8-12(14)13(9-11)18-3/h7-10,15H,4-6,14H2,1-3H3. The van der Waals surface area contributed by atoms with Crippen LogP contribution in [0.15, 0.2) is 23.1 Å². The van der Waals surface area contributed by atoms with Crippen LogP contribution in [0, 0.1) is 0 Å².